The van der Waals surface area contributed by atoms with E-state index in [2.05, 4.69) is 14.8 Å². The fraction of sp³-hybridized carbons (Fsp3) is 0.758. The number of carbonyl (C=O) groups excluding carboxylic acids is 4. The molecule has 57 heavy (non-hydrogen) atoms. The van der Waals surface area contributed by atoms with E-state index in [0.717, 1.165) is 16.8 Å². The first-order valence-corrected chi connectivity index (χ1v) is 19.5. The van der Waals surface area contributed by atoms with Crippen molar-refractivity contribution in [2.75, 3.05) is 46.7 Å². The monoisotopic (exact) mass is 843 g/mol. The number of esters is 1. The van der Waals surface area contributed by atoms with Crippen molar-refractivity contribution in [3.63, 3.8) is 0 Å². The summed E-state index contributed by atoms with van der Waals surface area (Å²) < 4.78 is 93.7. The summed E-state index contributed by atoms with van der Waals surface area (Å²) in [4.78, 5) is 75.7. The van der Waals surface area contributed by atoms with E-state index in [1.807, 2.05) is 0 Å². The van der Waals surface area contributed by atoms with E-state index in [4.69, 9.17) is 46.9 Å². The fourth-order valence-electron chi connectivity index (χ4n) is 5.67. The smallest absolute Gasteiger partial charge is 0.444 e. The number of aromatic nitrogens is 2. The fourth-order valence-corrected chi connectivity index (χ4v) is 7.09. The summed E-state index contributed by atoms with van der Waals surface area (Å²) in [7, 11) is -3.23. The largest absolute Gasteiger partial charge is 0.510 e. The Morgan fingerprint density at radius 3 is 2.09 bits per heavy atom. The predicted molar refractivity (Wildman–Crippen MR) is 188 cm³/mol. The van der Waals surface area contributed by atoms with Gasteiger partial charge in [-0.2, -0.15) is 0 Å². The maximum atomic E-state index is 15.4. The topological polar surface area (TPSA) is 252 Å². The lowest BCUT2D eigenvalue weighted by molar-refractivity contribution is -0.280. The van der Waals surface area contributed by atoms with Gasteiger partial charge in [0, 0.05) is 19.4 Å². The van der Waals surface area contributed by atoms with Crippen molar-refractivity contribution in [1.82, 2.24) is 14.5 Å². The van der Waals surface area contributed by atoms with E-state index in [0.29, 0.717) is 4.57 Å². The number of methoxy groups -OCH3 is 1. The van der Waals surface area contributed by atoms with Gasteiger partial charge in [-0.25, -0.2) is 32.9 Å². The Balaban J connectivity index is 1.92. The number of nitrogens with zero attached hydrogens (tertiary/aromatic N) is 2. The van der Waals surface area contributed by atoms with Crippen LogP contribution >= 0.6 is 7.60 Å². The molecule has 2 unspecified atom stereocenters. The molecule has 0 aromatic carbocycles. The summed E-state index contributed by atoms with van der Waals surface area (Å²) in [6, 6.07) is -0.269. The molecule has 2 aliphatic heterocycles. The first-order valence-electron chi connectivity index (χ1n) is 17.7. The second-order valence-corrected chi connectivity index (χ2v) is 16.2. The molecule has 324 valence electrons. The Morgan fingerprint density at radius 2 is 1.58 bits per heavy atom. The second kappa shape index (κ2) is 20.0. The standard InChI is InChI=1S/C33H51FN3O19P/c1-10-46-28(42)49-18-51-57(44,52-19-50-29(43)47-11-2)15-13-33(16-34)24-32(8,56-30(45-9)53-24)25(54-33)36-14-12-21(38)37(27(36)41)17-48-23(39)22(20(3)4)35-26(40)55-31(5,6)7/h12,14,20,22,24-25,30H,10-11,13,15-19H2,1-9H3,(H,35,40)/t22?,24-,25+,30?,32+,33-/m0/s1. The lowest BCUT2D eigenvalue weighted by atomic mass is 9.86. The van der Waals surface area contributed by atoms with Crippen molar-refractivity contribution in [3.8, 4) is 0 Å². The van der Waals surface area contributed by atoms with Crippen LogP contribution in [0.3, 0.4) is 0 Å². The Kier molecular flexibility index (Phi) is 16.6. The zero-order valence-corrected chi connectivity index (χ0v) is 34.1. The number of carbonyl (C=O) groups is 4. The molecule has 0 saturated carbocycles. The minimum absolute atomic E-state index is 0.0414. The molecule has 1 aromatic rings. The van der Waals surface area contributed by atoms with Gasteiger partial charge in [-0.05, 0) is 53.9 Å². The Labute approximate surface area is 326 Å². The average molecular weight is 844 g/mol. The third kappa shape index (κ3) is 12.2. The van der Waals surface area contributed by atoms with Crippen molar-refractivity contribution >= 4 is 32.0 Å². The summed E-state index contributed by atoms with van der Waals surface area (Å²) in [5.74, 6) is -1.48. The van der Waals surface area contributed by atoms with Crippen LogP contribution in [0.15, 0.2) is 21.9 Å². The molecule has 0 spiro atoms. The number of hydrogen-bond acceptors (Lipinski definition) is 19. The van der Waals surface area contributed by atoms with Crippen LogP contribution in [-0.2, 0) is 72.5 Å². The highest BCUT2D eigenvalue weighted by atomic mass is 31.2. The van der Waals surface area contributed by atoms with E-state index in [1.54, 1.807) is 34.6 Å². The molecule has 24 heteroatoms. The summed E-state index contributed by atoms with van der Waals surface area (Å²) in [6.07, 6.45) is -6.39. The molecule has 1 aromatic heterocycles. The molecule has 6 atom stereocenters. The summed E-state index contributed by atoms with van der Waals surface area (Å²) in [5.41, 5.74) is -6.70. The van der Waals surface area contributed by atoms with Gasteiger partial charge in [0.15, 0.2) is 13.0 Å². The van der Waals surface area contributed by atoms with Gasteiger partial charge in [-0.1, -0.05) is 13.8 Å². The third-order valence-electron chi connectivity index (χ3n) is 8.31. The SMILES string of the molecule is CCOC(=O)OCOP(=O)(CC[C@@]1(CF)O[C@@H](n2ccc(=O)n(COC(=O)C(NC(=O)OC(C)(C)C)C(C)C)c2=O)[C@]2(C)OC(OC)O[C@H]12)OCOC(=O)OCC. The van der Waals surface area contributed by atoms with Crippen LogP contribution in [0.25, 0.3) is 0 Å². The van der Waals surface area contributed by atoms with Crippen LogP contribution in [0.5, 0.6) is 0 Å². The number of ether oxygens (including phenoxy) is 10. The summed E-state index contributed by atoms with van der Waals surface area (Å²) >= 11 is 0. The van der Waals surface area contributed by atoms with Crippen LogP contribution in [0, 0.1) is 5.92 Å². The molecule has 1 N–H and O–H groups in total. The number of rotatable bonds is 19. The number of alkyl carbamates (subject to hydrolysis) is 1. The van der Waals surface area contributed by atoms with E-state index < -0.39 is 130 Å². The van der Waals surface area contributed by atoms with Crippen molar-refractivity contribution in [2.45, 2.75) is 110 Å². The highest BCUT2D eigenvalue weighted by Gasteiger charge is 2.69. The number of amides is 1. The molecule has 2 fully saturated rings. The van der Waals surface area contributed by atoms with Crippen LogP contribution in [0.2, 0.25) is 0 Å². The van der Waals surface area contributed by atoms with Gasteiger partial charge in [-0.15, -0.1) is 0 Å². The highest BCUT2D eigenvalue weighted by Crippen LogP contribution is 2.57. The Bertz CT molecular complexity index is 1700. The van der Waals surface area contributed by atoms with Crippen LogP contribution < -0.4 is 16.6 Å². The minimum atomic E-state index is -4.46. The molecule has 3 heterocycles. The van der Waals surface area contributed by atoms with Gasteiger partial charge >= 0.3 is 37.7 Å². The Morgan fingerprint density at radius 1 is 0.982 bits per heavy atom. The summed E-state index contributed by atoms with van der Waals surface area (Å²) in [5, 5.41) is 2.42. The predicted octanol–water partition coefficient (Wildman–Crippen LogP) is 3.28. The maximum Gasteiger partial charge on any atom is 0.510 e. The molecule has 0 radical (unpaired) electrons. The van der Waals surface area contributed by atoms with Crippen molar-refractivity contribution in [1.29, 1.82) is 0 Å². The van der Waals surface area contributed by atoms with Crippen LogP contribution in [0.4, 0.5) is 18.8 Å². The minimum Gasteiger partial charge on any atom is -0.444 e. The van der Waals surface area contributed by atoms with Crippen molar-refractivity contribution in [2.24, 2.45) is 5.92 Å². The zero-order chi connectivity index (χ0) is 42.8. The number of nitrogens with one attached hydrogen (secondary N) is 1. The third-order valence-corrected chi connectivity index (χ3v) is 10.1. The van der Waals surface area contributed by atoms with Gasteiger partial charge in [0.25, 0.3) is 12.0 Å². The molecule has 0 aliphatic carbocycles. The van der Waals surface area contributed by atoms with Crippen LogP contribution in [-0.4, -0.2) is 116 Å². The first kappa shape index (κ1) is 47.3. The molecule has 0 bridgehead atoms. The lowest BCUT2D eigenvalue weighted by Gasteiger charge is -2.32. The molecule has 22 nitrogen and oxygen atoms in total. The molecule has 2 aliphatic rings. The maximum absolute atomic E-state index is 15.4. The van der Waals surface area contributed by atoms with E-state index in [-0.39, 0.29) is 13.2 Å². The Hall–Kier alpha value is -4.12. The molecular weight excluding hydrogens is 792 g/mol. The summed E-state index contributed by atoms with van der Waals surface area (Å²) in [6.45, 7) is 6.93. The number of alkyl halides is 1. The van der Waals surface area contributed by atoms with Gasteiger partial charge < -0.3 is 52.7 Å². The normalized spacial score (nSPS) is 23.7. The van der Waals surface area contributed by atoms with Gasteiger partial charge in [0.05, 0.1) is 19.4 Å². The van der Waals surface area contributed by atoms with E-state index >= 15 is 4.39 Å². The first-order chi connectivity index (χ1) is 26.7. The van der Waals surface area contributed by atoms with Crippen LogP contribution in [0.1, 0.15) is 68.0 Å². The number of fused-ring (bicyclic) bond motifs is 1. The van der Waals surface area contributed by atoms with Crippen molar-refractivity contribution in [3.05, 3.63) is 33.1 Å². The van der Waals surface area contributed by atoms with Gasteiger partial charge in [0.2, 0.25) is 13.6 Å². The van der Waals surface area contributed by atoms with Gasteiger partial charge in [-0.3, -0.25) is 23.0 Å². The van der Waals surface area contributed by atoms with E-state index in [9.17, 15) is 33.3 Å². The quantitative estimate of drug-likeness (QED) is 0.0907. The highest BCUT2D eigenvalue weighted by molar-refractivity contribution is 7.53. The number of halogens is 1. The molecular formula is C33H51FN3O19P. The zero-order valence-electron chi connectivity index (χ0n) is 33.2. The van der Waals surface area contributed by atoms with Gasteiger partial charge in [0.1, 0.15) is 35.6 Å². The number of hydrogen-bond donors (Lipinski definition) is 1. The second-order valence-electron chi connectivity index (χ2n) is 14.0. The molecule has 2 saturated heterocycles. The van der Waals surface area contributed by atoms with E-state index in [1.165, 1.54) is 27.9 Å². The average Bonchev–Trinajstić information content (AvgIpc) is 3.59. The molecule has 3 rings (SSSR count). The van der Waals surface area contributed by atoms with Crippen molar-refractivity contribution < 1.29 is 84.5 Å². The lowest BCUT2D eigenvalue weighted by Crippen LogP contribution is -2.50. The molecule has 1 amide bonds.